The fourth-order valence-electron chi connectivity index (χ4n) is 2.61. The Morgan fingerprint density at radius 2 is 2.15 bits per heavy atom. The Balaban J connectivity index is 1.73. The second kappa shape index (κ2) is 7.61. The summed E-state index contributed by atoms with van der Waals surface area (Å²) >= 11 is 0. The third-order valence-corrected chi connectivity index (χ3v) is 4.31. The van der Waals surface area contributed by atoms with Crippen LogP contribution in [-0.2, 0) is 6.42 Å². The van der Waals surface area contributed by atoms with Gasteiger partial charge in [-0.1, -0.05) is 0 Å². The maximum atomic E-state index is 6.29. The molecule has 140 valence electrons. The van der Waals surface area contributed by atoms with Crippen molar-refractivity contribution >= 4 is 11.6 Å². The molecule has 0 unspecified atom stereocenters. The van der Waals surface area contributed by atoms with Crippen LogP contribution in [0.1, 0.15) is 30.1 Å². The van der Waals surface area contributed by atoms with E-state index in [2.05, 4.69) is 20.4 Å². The topological polar surface area (TPSA) is 128 Å². The summed E-state index contributed by atoms with van der Waals surface area (Å²) in [6, 6.07) is 3.63. The number of ether oxygens (including phenoxy) is 1. The molecule has 26 heavy (non-hydrogen) atoms. The standard InChI is InChI=1S/C17H25N7O2/c1-10-14(25-3)7-6-12(21-10)16(18)13(24(2)19)9-20-17-22-15(26-23-17)8-11-4-5-11/h6-7,11H,4-5,8-9,18-19H2,1-3H3,(H,20,23)/b16-13-. The van der Waals surface area contributed by atoms with Gasteiger partial charge in [0.25, 0.3) is 5.95 Å². The number of nitrogens with one attached hydrogen (secondary N) is 1. The maximum absolute atomic E-state index is 6.29. The first-order valence-electron chi connectivity index (χ1n) is 8.53. The summed E-state index contributed by atoms with van der Waals surface area (Å²) in [5.41, 5.74) is 8.80. The molecule has 0 atom stereocenters. The first kappa shape index (κ1) is 18.0. The summed E-state index contributed by atoms with van der Waals surface area (Å²) in [5, 5.41) is 8.50. The number of likely N-dealkylation sites (N-methyl/N-ethyl adjacent to an activating group) is 1. The lowest BCUT2D eigenvalue weighted by molar-refractivity contribution is 0.373. The first-order chi connectivity index (χ1) is 12.5. The number of aryl methyl sites for hydroxylation is 1. The number of rotatable bonds is 8. The minimum absolute atomic E-state index is 0.341. The highest BCUT2D eigenvalue weighted by Gasteiger charge is 2.24. The van der Waals surface area contributed by atoms with Crippen molar-refractivity contribution in [2.75, 3.05) is 26.0 Å². The molecular weight excluding hydrogens is 334 g/mol. The number of anilines is 1. The highest BCUT2D eigenvalue weighted by Crippen LogP contribution is 2.32. The van der Waals surface area contributed by atoms with Crippen molar-refractivity contribution in [3.8, 4) is 5.75 Å². The molecule has 0 saturated heterocycles. The fraction of sp³-hybridized carbons (Fsp3) is 0.471. The molecule has 2 heterocycles. The predicted octanol–water partition coefficient (Wildman–Crippen LogP) is 1.28. The van der Waals surface area contributed by atoms with Gasteiger partial charge in [0.05, 0.1) is 36.4 Å². The van der Waals surface area contributed by atoms with Gasteiger partial charge in [-0.05, 0) is 43.0 Å². The van der Waals surface area contributed by atoms with Crippen LogP contribution >= 0.6 is 0 Å². The monoisotopic (exact) mass is 359 g/mol. The van der Waals surface area contributed by atoms with E-state index in [1.807, 2.05) is 13.0 Å². The molecule has 1 saturated carbocycles. The van der Waals surface area contributed by atoms with Crippen molar-refractivity contribution in [3.05, 3.63) is 35.1 Å². The molecule has 5 N–H and O–H groups in total. The lowest BCUT2D eigenvalue weighted by Gasteiger charge is -2.20. The highest BCUT2D eigenvalue weighted by molar-refractivity contribution is 5.64. The minimum Gasteiger partial charge on any atom is -0.495 e. The number of nitrogens with zero attached hydrogens (tertiary/aromatic N) is 4. The van der Waals surface area contributed by atoms with E-state index in [-0.39, 0.29) is 0 Å². The normalized spacial score (nSPS) is 14.8. The Labute approximate surface area is 152 Å². The van der Waals surface area contributed by atoms with Crippen LogP contribution in [0.5, 0.6) is 5.75 Å². The van der Waals surface area contributed by atoms with Gasteiger partial charge in [-0.25, -0.2) is 10.8 Å². The van der Waals surface area contributed by atoms with Crippen molar-refractivity contribution in [3.63, 3.8) is 0 Å². The van der Waals surface area contributed by atoms with E-state index in [1.165, 1.54) is 17.9 Å². The number of hydrogen-bond donors (Lipinski definition) is 3. The number of nitrogens with two attached hydrogens (primary N) is 2. The van der Waals surface area contributed by atoms with Crippen molar-refractivity contribution in [1.29, 1.82) is 0 Å². The molecule has 2 aromatic heterocycles. The number of hydrogen-bond acceptors (Lipinski definition) is 9. The zero-order chi connectivity index (χ0) is 18.7. The van der Waals surface area contributed by atoms with Crippen molar-refractivity contribution in [2.24, 2.45) is 17.5 Å². The van der Waals surface area contributed by atoms with Crippen LogP contribution in [0.4, 0.5) is 5.95 Å². The summed E-state index contributed by atoms with van der Waals surface area (Å²) < 4.78 is 10.5. The van der Waals surface area contributed by atoms with E-state index in [4.69, 9.17) is 20.8 Å². The summed E-state index contributed by atoms with van der Waals surface area (Å²) in [6.45, 7) is 2.20. The molecule has 9 nitrogen and oxygen atoms in total. The van der Waals surface area contributed by atoms with E-state index in [0.717, 1.165) is 12.1 Å². The minimum atomic E-state index is 0.341. The van der Waals surface area contributed by atoms with Crippen LogP contribution in [0.3, 0.4) is 0 Å². The van der Waals surface area contributed by atoms with E-state index in [1.54, 1.807) is 20.2 Å². The van der Waals surface area contributed by atoms with Crippen molar-refractivity contribution in [1.82, 2.24) is 20.1 Å². The number of pyridine rings is 1. The van der Waals surface area contributed by atoms with Gasteiger partial charge in [-0.2, -0.15) is 4.98 Å². The Hall–Kier alpha value is -2.81. The second-order valence-electron chi connectivity index (χ2n) is 6.47. The Bertz CT molecular complexity index is 796. The van der Waals surface area contributed by atoms with Crippen LogP contribution in [-0.4, -0.2) is 40.8 Å². The van der Waals surface area contributed by atoms with Crippen LogP contribution in [0.2, 0.25) is 0 Å². The second-order valence-corrected chi connectivity index (χ2v) is 6.47. The molecule has 9 heteroatoms. The molecule has 3 rings (SSSR count). The molecule has 1 aliphatic carbocycles. The number of aromatic nitrogens is 3. The average molecular weight is 359 g/mol. The van der Waals surface area contributed by atoms with Gasteiger partial charge in [0.15, 0.2) is 0 Å². The van der Waals surface area contributed by atoms with Gasteiger partial charge < -0.3 is 25.3 Å². The Morgan fingerprint density at radius 3 is 2.77 bits per heavy atom. The molecule has 1 fully saturated rings. The van der Waals surface area contributed by atoms with Crippen LogP contribution in [0.15, 0.2) is 22.4 Å². The molecule has 0 aromatic carbocycles. The summed E-state index contributed by atoms with van der Waals surface area (Å²) in [7, 11) is 3.32. The van der Waals surface area contributed by atoms with Gasteiger partial charge in [0.2, 0.25) is 5.89 Å². The molecule has 1 aliphatic rings. The molecule has 0 radical (unpaired) electrons. The van der Waals surface area contributed by atoms with Crippen LogP contribution < -0.4 is 21.6 Å². The SMILES string of the molecule is COc1ccc(/C(N)=C(\CNc2noc(CC3CC3)n2)N(C)N)nc1C. The quantitative estimate of drug-likeness (QED) is 0.471. The third-order valence-electron chi connectivity index (χ3n) is 4.31. The molecule has 0 amide bonds. The Kier molecular flexibility index (Phi) is 5.27. The zero-order valence-electron chi connectivity index (χ0n) is 15.3. The van der Waals surface area contributed by atoms with Crippen LogP contribution in [0, 0.1) is 12.8 Å². The van der Waals surface area contributed by atoms with Gasteiger partial charge in [-0.15, -0.1) is 0 Å². The van der Waals surface area contributed by atoms with E-state index >= 15 is 0 Å². The first-order valence-corrected chi connectivity index (χ1v) is 8.53. The molecule has 0 bridgehead atoms. The number of hydrazine groups is 1. The third kappa shape index (κ3) is 4.23. The largest absolute Gasteiger partial charge is 0.495 e. The van der Waals surface area contributed by atoms with E-state index < -0.39 is 0 Å². The lowest BCUT2D eigenvalue weighted by Crippen LogP contribution is -2.32. The van der Waals surface area contributed by atoms with Gasteiger partial charge in [-0.3, -0.25) is 0 Å². The molecule has 2 aromatic rings. The average Bonchev–Trinajstić information content (AvgIpc) is 3.31. The smallest absolute Gasteiger partial charge is 0.263 e. The molecular formula is C17H25N7O2. The lowest BCUT2D eigenvalue weighted by atomic mass is 10.2. The van der Waals surface area contributed by atoms with Gasteiger partial charge in [0.1, 0.15) is 5.75 Å². The predicted molar refractivity (Wildman–Crippen MR) is 97.8 cm³/mol. The fourth-order valence-corrected chi connectivity index (χ4v) is 2.61. The Morgan fingerprint density at radius 1 is 1.38 bits per heavy atom. The summed E-state index contributed by atoms with van der Waals surface area (Å²) in [6.07, 6.45) is 3.31. The van der Waals surface area contributed by atoms with E-state index in [0.29, 0.717) is 47.1 Å². The maximum Gasteiger partial charge on any atom is 0.263 e. The van der Waals surface area contributed by atoms with E-state index in [9.17, 15) is 0 Å². The molecule has 0 spiro atoms. The van der Waals surface area contributed by atoms with Gasteiger partial charge >= 0.3 is 0 Å². The van der Waals surface area contributed by atoms with Crippen molar-refractivity contribution < 1.29 is 9.26 Å². The summed E-state index contributed by atoms with van der Waals surface area (Å²) in [5.74, 6) is 8.42. The van der Waals surface area contributed by atoms with Crippen LogP contribution in [0.25, 0.3) is 5.70 Å². The van der Waals surface area contributed by atoms with Gasteiger partial charge in [0, 0.05) is 13.5 Å². The molecule has 0 aliphatic heterocycles. The zero-order valence-corrected chi connectivity index (χ0v) is 15.3. The summed E-state index contributed by atoms with van der Waals surface area (Å²) in [4.78, 5) is 8.83. The highest BCUT2D eigenvalue weighted by atomic mass is 16.5. The van der Waals surface area contributed by atoms with Crippen molar-refractivity contribution in [2.45, 2.75) is 26.2 Å². The number of methoxy groups -OCH3 is 1.